The van der Waals surface area contributed by atoms with E-state index < -0.39 is 13.4 Å². The molecule has 1 atom stereocenters. The van der Waals surface area contributed by atoms with E-state index >= 15 is 0 Å². The molecule has 9 heavy (non-hydrogen) atoms. The average molecular weight is 151 g/mol. The molecule has 0 aliphatic rings. The molecule has 0 amide bonds. The van der Waals surface area contributed by atoms with Crippen molar-refractivity contribution < 1.29 is 10.2 Å². The van der Waals surface area contributed by atoms with Crippen molar-refractivity contribution in [1.29, 1.82) is 0 Å². The highest BCUT2D eigenvalue weighted by Crippen LogP contribution is 2.46. The second kappa shape index (κ2) is 3.50. The smallest absolute Gasteiger partial charge is 0.110 e. The van der Waals surface area contributed by atoms with Crippen molar-refractivity contribution in [2.45, 2.75) is 6.10 Å². The highest BCUT2D eigenvalue weighted by Gasteiger charge is 2.21. The molecule has 0 heterocycles. The minimum Gasteiger partial charge on any atom is -0.394 e. The highest BCUT2D eigenvalue weighted by molar-refractivity contribution is 7.73. The van der Waals surface area contributed by atoms with Gasteiger partial charge in [-0.3, -0.25) is 0 Å². The SMILES string of the molecule is C[P+](C)(C)CC(O)CO. The summed E-state index contributed by atoms with van der Waals surface area (Å²) in [4.78, 5) is 0. The Labute approximate surface area is 57.2 Å². The molecule has 0 saturated heterocycles. The van der Waals surface area contributed by atoms with Gasteiger partial charge in [0.15, 0.2) is 0 Å². The normalized spacial score (nSPS) is 15.7. The van der Waals surface area contributed by atoms with E-state index in [1.807, 2.05) is 0 Å². The third kappa shape index (κ3) is 6.23. The molecular weight excluding hydrogens is 135 g/mol. The largest absolute Gasteiger partial charge is 0.394 e. The second-order valence-corrected chi connectivity index (χ2v) is 8.26. The number of rotatable bonds is 3. The Hall–Kier alpha value is 0.350. The highest BCUT2D eigenvalue weighted by atomic mass is 31.2. The molecule has 0 aromatic carbocycles. The third-order valence-corrected chi connectivity index (χ3v) is 2.49. The number of aliphatic hydroxyl groups excluding tert-OH is 2. The molecule has 3 heteroatoms. The van der Waals surface area contributed by atoms with Crippen molar-refractivity contribution in [2.75, 3.05) is 32.8 Å². The van der Waals surface area contributed by atoms with E-state index in [0.29, 0.717) is 0 Å². The summed E-state index contributed by atoms with van der Waals surface area (Å²) in [6, 6.07) is 0. The fourth-order valence-electron chi connectivity index (χ4n) is 0.690. The van der Waals surface area contributed by atoms with Crippen LogP contribution in [0.15, 0.2) is 0 Å². The maximum atomic E-state index is 8.97. The summed E-state index contributed by atoms with van der Waals surface area (Å²) in [5.74, 6) is 0. The van der Waals surface area contributed by atoms with Crippen LogP contribution in [0, 0.1) is 0 Å². The second-order valence-electron chi connectivity index (χ2n) is 3.31. The molecular formula is C6H16O2P+. The molecule has 0 fully saturated rings. The molecule has 0 rings (SSSR count). The van der Waals surface area contributed by atoms with E-state index in [1.165, 1.54) is 0 Å². The van der Waals surface area contributed by atoms with Gasteiger partial charge in [0, 0.05) is 27.3 Å². The van der Waals surface area contributed by atoms with Crippen LogP contribution in [-0.2, 0) is 0 Å². The number of aliphatic hydroxyl groups is 2. The van der Waals surface area contributed by atoms with E-state index in [9.17, 15) is 0 Å². The van der Waals surface area contributed by atoms with E-state index in [0.717, 1.165) is 6.16 Å². The predicted molar refractivity (Wildman–Crippen MR) is 42.7 cm³/mol. The van der Waals surface area contributed by atoms with Crippen LogP contribution in [0.1, 0.15) is 0 Å². The minimum atomic E-state index is -0.898. The molecule has 1 unspecified atom stereocenters. The summed E-state index contributed by atoms with van der Waals surface area (Å²) in [6.45, 7) is 6.33. The van der Waals surface area contributed by atoms with Crippen LogP contribution in [0.3, 0.4) is 0 Å². The summed E-state index contributed by atoms with van der Waals surface area (Å²) >= 11 is 0. The minimum absolute atomic E-state index is 0.0999. The summed E-state index contributed by atoms with van der Waals surface area (Å²) < 4.78 is 0. The quantitative estimate of drug-likeness (QED) is 0.567. The van der Waals surface area contributed by atoms with Gasteiger partial charge in [-0.05, 0) is 0 Å². The van der Waals surface area contributed by atoms with Crippen LogP contribution in [0.4, 0.5) is 0 Å². The maximum absolute atomic E-state index is 8.97. The summed E-state index contributed by atoms with van der Waals surface area (Å²) in [6.07, 6.45) is 0.266. The first-order valence-corrected chi connectivity index (χ1v) is 6.36. The van der Waals surface area contributed by atoms with Crippen LogP contribution in [0.5, 0.6) is 0 Å². The van der Waals surface area contributed by atoms with Crippen LogP contribution in [0.25, 0.3) is 0 Å². The van der Waals surface area contributed by atoms with Gasteiger partial charge in [-0.1, -0.05) is 0 Å². The zero-order valence-electron chi connectivity index (χ0n) is 6.33. The van der Waals surface area contributed by atoms with E-state index in [2.05, 4.69) is 20.0 Å². The molecule has 0 saturated carbocycles. The van der Waals surface area contributed by atoms with E-state index in [-0.39, 0.29) is 6.61 Å². The lowest BCUT2D eigenvalue weighted by atomic mass is 10.4. The van der Waals surface area contributed by atoms with Crippen molar-refractivity contribution in [1.82, 2.24) is 0 Å². The molecule has 0 radical (unpaired) electrons. The zero-order valence-corrected chi connectivity index (χ0v) is 7.23. The molecule has 0 spiro atoms. The first kappa shape index (κ1) is 9.35. The Kier molecular flexibility index (Phi) is 3.64. The van der Waals surface area contributed by atoms with Gasteiger partial charge in [0.2, 0.25) is 0 Å². The zero-order chi connectivity index (χ0) is 7.49. The fourth-order valence-corrected chi connectivity index (χ4v) is 2.07. The standard InChI is InChI=1S/C6H16O2P/c1-9(2,3)5-6(8)4-7/h6-8H,4-5H2,1-3H3/q+1. The number of hydrogen-bond acceptors (Lipinski definition) is 2. The van der Waals surface area contributed by atoms with Gasteiger partial charge in [-0.2, -0.15) is 0 Å². The average Bonchev–Trinajstić information content (AvgIpc) is 1.62. The topological polar surface area (TPSA) is 40.5 Å². The van der Waals surface area contributed by atoms with Gasteiger partial charge < -0.3 is 10.2 Å². The lowest BCUT2D eigenvalue weighted by Crippen LogP contribution is -2.18. The van der Waals surface area contributed by atoms with E-state index in [1.54, 1.807) is 0 Å². The van der Waals surface area contributed by atoms with Crippen molar-refractivity contribution in [3.8, 4) is 0 Å². The lowest BCUT2D eigenvalue weighted by Gasteiger charge is -2.14. The molecule has 2 nitrogen and oxygen atoms in total. The molecule has 0 bridgehead atoms. The Morgan fingerprint density at radius 3 is 1.89 bits per heavy atom. The van der Waals surface area contributed by atoms with Crippen molar-refractivity contribution in [2.24, 2.45) is 0 Å². The number of hydrogen-bond donors (Lipinski definition) is 2. The first-order chi connectivity index (χ1) is 3.95. The lowest BCUT2D eigenvalue weighted by molar-refractivity contribution is 0.112. The maximum Gasteiger partial charge on any atom is 0.110 e. The van der Waals surface area contributed by atoms with Crippen LogP contribution < -0.4 is 0 Å². The van der Waals surface area contributed by atoms with Gasteiger partial charge in [0.25, 0.3) is 0 Å². The summed E-state index contributed by atoms with van der Waals surface area (Å²) in [5.41, 5.74) is 0. The van der Waals surface area contributed by atoms with Crippen LogP contribution in [0.2, 0.25) is 0 Å². The molecule has 0 aliphatic carbocycles. The molecule has 56 valence electrons. The summed E-state index contributed by atoms with van der Waals surface area (Å²) in [7, 11) is -0.898. The first-order valence-electron chi connectivity index (χ1n) is 3.05. The van der Waals surface area contributed by atoms with Gasteiger partial charge >= 0.3 is 0 Å². The van der Waals surface area contributed by atoms with Crippen LogP contribution >= 0.6 is 7.26 Å². The Morgan fingerprint density at radius 1 is 1.33 bits per heavy atom. The Balaban J connectivity index is 3.47. The van der Waals surface area contributed by atoms with Gasteiger partial charge in [-0.15, -0.1) is 0 Å². The molecule has 0 aliphatic heterocycles. The Morgan fingerprint density at radius 2 is 1.78 bits per heavy atom. The summed E-state index contributed by atoms with van der Waals surface area (Å²) in [5, 5.41) is 17.4. The predicted octanol–water partition coefficient (Wildman–Crippen LogP) is 0.247. The fraction of sp³-hybridized carbons (Fsp3) is 1.00. The van der Waals surface area contributed by atoms with Gasteiger partial charge in [0.05, 0.1) is 12.8 Å². The third-order valence-electron chi connectivity index (χ3n) is 0.969. The molecule has 2 N–H and O–H groups in total. The van der Waals surface area contributed by atoms with Gasteiger partial charge in [-0.25, -0.2) is 0 Å². The van der Waals surface area contributed by atoms with Crippen molar-refractivity contribution >= 4 is 7.26 Å². The van der Waals surface area contributed by atoms with Crippen molar-refractivity contribution in [3.63, 3.8) is 0 Å². The van der Waals surface area contributed by atoms with Crippen LogP contribution in [-0.4, -0.2) is 49.1 Å². The van der Waals surface area contributed by atoms with Crippen molar-refractivity contribution in [3.05, 3.63) is 0 Å². The Bertz CT molecular complexity index is 77.6. The monoisotopic (exact) mass is 151 g/mol. The molecule has 0 aromatic heterocycles. The van der Waals surface area contributed by atoms with E-state index in [4.69, 9.17) is 10.2 Å². The van der Waals surface area contributed by atoms with Gasteiger partial charge in [0.1, 0.15) is 6.10 Å². The molecule has 0 aromatic rings.